The lowest BCUT2D eigenvalue weighted by molar-refractivity contribution is 0.222. The summed E-state index contributed by atoms with van der Waals surface area (Å²) < 4.78 is 0. The van der Waals surface area contributed by atoms with Gasteiger partial charge in [0, 0.05) is 0 Å². The molecule has 0 aliphatic heterocycles. The Morgan fingerprint density at radius 3 is 1.43 bits per heavy atom. The van der Waals surface area contributed by atoms with E-state index >= 15 is 0 Å². The highest BCUT2D eigenvalue weighted by atomic mass is 14.4. The van der Waals surface area contributed by atoms with Crippen LogP contribution in [0.1, 0.15) is 116 Å². The Morgan fingerprint density at radius 2 is 1.05 bits per heavy atom. The van der Waals surface area contributed by atoms with Gasteiger partial charge in [0.2, 0.25) is 0 Å². The van der Waals surface area contributed by atoms with Crippen LogP contribution < -0.4 is 0 Å². The highest BCUT2D eigenvalue weighted by molar-refractivity contribution is 5.32. The quantitative estimate of drug-likeness (QED) is 0.178. The summed E-state index contributed by atoms with van der Waals surface area (Å²) in [7, 11) is 0. The molecule has 0 saturated heterocycles. The van der Waals surface area contributed by atoms with Gasteiger partial charge in [-0.25, -0.2) is 0 Å². The van der Waals surface area contributed by atoms with Crippen LogP contribution in [0.2, 0.25) is 0 Å². The average Bonchev–Trinajstić information content (AvgIpc) is 2.89. The maximum Gasteiger partial charge on any atom is -0.0108 e. The normalized spacial score (nSPS) is 15.7. The Balaban J connectivity index is -0.00000326. The van der Waals surface area contributed by atoms with Crippen molar-refractivity contribution < 1.29 is 0 Å². The van der Waals surface area contributed by atoms with Crippen LogP contribution in [0.3, 0.4) is 0 Å². The standard InChI is InChI=1S/C36H56.2C2H6/c1-13-19-25-30(22-16-4)32(27-34(36(10,11)12)31(23-17-5)24-18-6)26-33(28-35(7,8)9)29(20-14-2)21-15-3;2*1-2/h14-25,32-34H,2,4-5,13,26-28H2,1,3,6-12H3;2*1-2H3/b21-15-,24-18-,25-19-,29-20+,30-22+,31-23+;;. The van der Waals surface area contributed by atoms with Crippen LogP contribution in [0.5, 0.6) is 0 Å². The van der Waals surface area contributed by atoms with Gasteiger partial charge in [-0.05, 0) is 84.8 Å². The minimum Gasteiger partial charge on any atom is -0.0991 e. The minimum absolute atomic E-state index is 0.114. The lowest BCUT2D eigenvalue weighted by Gasteiger charge is -2.37. The summed E-state index contributed by atoms with van der Waals surface area (Å²) in [5.41, 5.74) is 4.43. The predicted octanol–water partition coefficient (Wildman–Crippen LogP) is 13.6. The van der Waals surface area contributed by atoms with Crippen molar-refractivity contribution in [2.24, 2.45) is 28.6 Å². The van der Waals surface area contributed by atoms with E-state index in [1.807, 2.05) is 45.9 Å². The highest BCUT2D eigenvalue weighted by Crippen LogP contribution is 2.43. The fourth-order valence-electron chi connectivity index (χ4n) is 5.05. The fourth-order valence-corrected chi connectivity index (χ4v) is 5.05. The zero-order valence-corrected chi connectivity index (χ0v) is 29.1. The van der Waals surface area contributed by atoms with Gasteiger partial charge in [0.05, 0.1) is 0 Å². The van der Waals surface area contributed by atoms with Crippen molar-refractivity contribution in [1.29, 1.82) is 0 Å². The molecule has 3 atom stereocenters. The van der Waals surface area contributed by atoms with Crippen LogP contribution in [0.4, 0.5) is 0 Å². The third-order valence-corrected chi connectivity index (χ3v) is 6.53. The van der Waals surface area contributed by atoms with E-state index in [4.69, 9.17) is 0 Å². The first kappa shape index (κ1) is 42.1. The van der Waals surface area contributed by atoms with Crippen molar-refractivity contribution in [3.8, 4) is 0 Å². The molecule has 0 saturated carbocycles. The van der Waals surface area contributed by atoms with Gasteiger partial charge < -0.3 is 0 Å². The molecule has 0 nitrogen and oxygen atoms in total. The van der Waals surface area contributed by atoms with Crippen molar-refractivity contribution in [3.05, 3.63) is 109 Å². The lowest BCUT2D eigenvalue weighted by Crippen LogP contribution is -2.27. The molecule has 0 amide bonds. The lowest BCUT2D eigenvalue weighted by atomic mass is 9.67. The Hall–Kier alpha value is -2.34. The van der Waals surface area contributed by atoms with E-state index in [0.29, 0.717) is 17.8 Å². The van der Waals surface area contributed by atoms with Gasteiger partial charge in [0.15, 0.2) is 0 Å². The Morgan fingerprint density at radius 1 is 0.625 bits per heavy atom. The van der Waals surface area contributed by atoms with Gasteiger partial charge >= 0.3 is 0 Å². The molecule has 228 valence electrons. The molecule has 0 heteroatoms. The van der Waals surface area contributed by atoms with E-state index < -0.39 is 0 Å². The molecule has 0 aliphatic rings. The second kappa shape index (κ2) is 24.5. The Kier molecular flexibility index (Phi) is 25.8. The predicted molar refractivity (Wildman–Crippen MR) is 190 cm³/mol. The third kappa shape index (κ3) is 18.9. The number of allylic oxidation sites excluding steroid dienone is 15. The molecular weight excluding hydrogens is 480 g/mol. The number of hydrogen-bond donors (Lipinski definition) is 0. The highest BCUT2D eigenvalue weighted by Gasteiger charge is 2.32. The van der Waals surface area contributed by atoms with Crippen molar-refractivity contribution in [2.45, 2.75) is 116 Å². The molecule has 0 aromatic carbocycles. The summed E-state index contributed by atoms with van der Waals surface area (Å²) in [6.45, 7) is 40.6. The van der Waals surface area contributed by atoms with Crippen LogP contribution in [0, 0.1) is 28.6 Å². The van der Waals surface area contributed by atoms with Crippen LogP contribution in [-0.2, 0) is 0 Å². The molecule has 0 aromatic rings. The smallest absolute Gasteiger partial charge is 0.0108 e. The van der Waals surface area contributed by atoms with E-state index in [2.05, 4.69) is 137 Å². The summed E-state index contributed by atoms with van der Waals surface area (Å²) in [5, 5.41) is 0. The van der Waals surface area contributed by atoms with Crippen LogP contribution in [0.15, 0.2) is 109 Å². The van der Waals surface area contributed by atoms with E-state index in [-0.39, 0.29) is 10.8 Å². The van der Waals surface area contributed by atoms with Gasteiger partial charge in [-0.3, -0.25) is 0 Å². The first-order chi connectivity index (χ1) is 18.9. The molecule has 3 unspecified atom stereocenters. The third-order valence-electron chi connectivity index (χ3n) is 6.53. The molecule has 0 heterocycles. The maximum absolute atomic E-state index is 4.06. The SMILES string of the molecule is C=C/C=C(\C=C/CC)C(CC(CC(C)(C)C)C(/C=C\C)=C/C=C)CC(C(/C=C\C)=C/C=C)C(C)(C)C.CC.CC. The Bertz CT molecular complexity index is 849. The zero-order valence-electron chi connectivity index (χ0n) is 29.1. The van der Waals surface area contributed by atoms with E-state index in [1.165, 1.54) is 16.7 Å². The molecule has 0 rings (SSSR count). The van der Waals surface area contributed by atoms with E-state index in [0.717, 1.165) is 25.7 Å². The molecule has 0 fully saturated rings. The summed E-state index contributed by atoms with van der Waals surface area (Å²) in [5.74, 6) is 1.21. The second-order valence-electron chi connectivity index (χ2n) is 12.1. The van der Waals surface area contributed by atoms with E-state index in [1.54, 1.807) is 0 Å². The zero-order chi connectivity index (χ0) is 31.8. The molecule has 0 aromatic heterocycles. The largest absolute Gasteiger partial charge is 0.0991 e. The molecule has 0 bridgehead atoms. The molecular formula is C40H68. The van der Waals surface area contributed by atoms with Gasteiger partial charge in [-0.1, -0.05) is 169 Å². The van der Waals surface area contributed by atoms with Gasteiger partial charge in [0.1, 0.15) is 0 Å². The minimum atomic E-state index is 0.114. The number of rotatable bonds is 15. The monoisotopic (exact) mass is 549 g/mol. The van der Waals surface area contributed by atoms with Crippen LogP contribution in [0.25, 0.3) is 0 Å². The molecule has 0 N–H and O–H groups in total. The van der Waals surface area contributed by atoms with Gasteiger partial charge in [-0.2, -0.15) is 0 Å². The summed E-state index contributed by atoms with van der Waals surface area (Å²) in [4.78, 5) is 0. The first-order valence-corrected chi connectivity index (χ1v) is 15.8. The van der Waals surface area contributed by atoms with Crippen molar-refractivity contribution in [2.75, 3.05) is 0 Å². The van der Waals surface area contributed by atoms with Crippen LogP contribution >= 0.6 is 0 Å². The summed E-state index contributed by atoms with van der Waals surface area (Å²) in [6.07, 6.45) is 30.2. The fraction of sp³-hybridized carbons (Fsp3) is 0.550. The second-order valence-corrected chi connectivity index (χ2v) is 12.1. The van der Waals surface area contributed by atoms with Crippen LogP contribution in [-0.4, -0.2) is 0 Å². The molecule has 0 spiro atoms. The average molecular weight is 549 g/mol. The Labute approximate surface area is 253 Å². The first-order valence-electron chi connectivity index (χ1n) is 15.8. The summed E-state index contributed by atoms with van der Waals surface area (Å²) >= 11 is 0. The van der Waals surface area contributed by atoms with Gasteiger partial charge in [0.25, 0.3) is 0 Å². The topological polar surface area (TPSA) is 0 Å². The summed E-state index contributed by atoms with van der Waals surface area (Å²) in [6, 6.07) is 0. The van der Waals surface area contributed by atoms with Crippen molar-refractivity contribution in [3.63, 3.8) is 0 Å². The molecule has 0 radical (unpaired) electrons. The van der Waals surface area contributed by atoms with Gasteiger partial charge in [-0.15, -0.1) is 0 Å². The maximum atomic E-state index is 4.06. The molecule has 40 heavy (non-hydrogen) atoms. The molecule has 0 aliphatic carbocycles. The van der Waals surface area contributed by atoms with Crippen molar-refractivity contribution in [1.82, 2.24) is 0 Å². The van der Waals surface area contributed by atoms with E-state index in [9.17, 15) is 0 Å². The van der Waals surface area contributed by atoms with Crippen molar-refractivity contribution >= 4 is 0 Å². The number of hydrogen-bond acceptors (Lipinski definition) is 0.